The number of nitrogens with one attached hydrogen (secondary N) is 1. The summed E-state index contributed by atoms with van der Waals surface area (Å²) in [4.78, 5) is 3.34. The quantitative estimate of drug-likeness (QED) is 0.339. The molecule has 3 aromatic carbocycles. The van der Waals surface area contributed by atoms with Gasteiger partial charge in [-0.2, -0.15) is 0 Å². The van der Waals surface area contributed by atoms with Crippen LogP contribution >= 0.6 is 18.6 Å². The summed E-state index contributed by atoms with van der Waals surface area (Å²) in [5, 5.41) is 20.6. The van der Waals surface area contributed by atoms with Gasteiger partial charge in [0.05, 0.1) is 13.2 Å². The van der Waals surface area contributed by atoms with Crippen LogP contribution < -0.4 is 0 Å². The fourth-order valence-electron chi connectivity index (χ4n) is 1.90. The Kier molecular flexibility index (Phi) is 16.2. The monoisotopic (exact) mass is 446 g/mol. The van der Waals surface area contributed by atoms with Gasteiger partial charge >= 0.3 is 38.7 Å². The molecule has 0 aromatic heterocycles. The summed E-state index contributed by atoms with van der Waals surface area (Å²) in [6.45, 7) is 5.31. The first-order chi connectivity index (χ1) is 12.1. The van der Waals surface area contributed by atoms with E-state index in [4.69, 9.17) is 34.6 Å². The minimum absolute atomic E-state index is 0. The van der Waals surface area contributed by atoms with Crippen molar-refractivity contribution in [2.24, 2.45) is 0 Å². The van der Waals surface area contributed by atoms with Crippen LogP contribution in [0.5, 0.6) is 0 Å². The summed E-state index contributed by atoms with van der Waals surface area (Å²) in [5.74, 6) is 0. The summed E-state index contributed by atoms with van der Waals surface area (Å²) >= 11 is -1.64. The van der Waals surface area contributed by atoms with E-state index in [1.807, 2.05) is 20.8 Å². The average molecular weight is 447 g/mol. The molecule has 0 aliphatic heterocycles. The fraction of sp³-hybridized carbons (Fsp3) is 0.286. The second kappa shape index (κ2) is 15.3. The van der Waals surface area contributed by atoms with Crippen molar-refractivity contribution >= 4 is 45.0 Å². The van der Waals surface area contributed by atoms with Gasteiger partial charge < -0.3 is 23.4 Å². The van der Waals surface area contributed by atoms with Gasteiger partial charge in [0.25, 0.3) is 0 Å². The molecule has 0 radical (unpaired) electrons. The van der Waals surface area contributed by atoms with Crippen molar-refractivity contribution in [1.29, 1.82) is 0 Å². The Morgan fingerprint density at radius 1 is 0.926 bits per heavy atom. The largest absolute Gasteiger partial charge is 0.358 e. The molecular formula is C21H30Cl2NO2Ti-3. The normalized spacial score (nSPS) is 9.63. The maximum absolute atomic E-state index is 7.62. The third-order valence-corrected chi connectivity index (χ3v) is 2.62. The number of rotatable bonds is 1. The first-order valence-corrected chi connectivity index (χ1v) is 13.5. The van der Waals surface area contributed by atoms with Crippen LogP contribution in [0.15, 0.2) is 54.6 Å². The molecule has 3 rings (SSSR count). The molecule has 3 nitrogen and oxygen atoms in total. The molecule has 0 heterocycles. The zero-order chi connectivity index (χ0) is 20.2. The molecule has 0 fully saturated rings. The Balaban J connectivity index is 0. The molecule has 0 atom stereocenters. The van der Waals surface area contributed by atoms with E-state index in [1.165, 1.54) is 21.5 Å². The summed E-state index contributed by atoms with van der Waals surface area (Å²) in [6, 6.07) is 19.3. The average Bonchev–Trinajstić information content (AvgIpc) is 2.92. The Hall–Kier alpha value is -0.646. The fourth-order valence-corrected chi connectivity index (χ4v) is 1.90. The minimum atomic E-state index is -1.64. The van der Waals surface area contributed by atoms with Crippen LogP contribution in [0.2, 0.25) is 0 Å². The summed E-state index contributed by atoms with van der Waals surface area (Å²) in [6.07, 6.45) is 0. The van der Waals surface area contributed by atoms with Crippen molar-refractivity contribution in [3.8, 4) is 0 Å². The molecule has 0 aliphatic carbocycles. The SMILES string of the molecule is CC(C)(C)[NH-].OCCO.[CH2]=[Ti]([Cl])[Cl].[CH3-].c1ccc2c(c1)[cH-]c1ccccc12. The van der Waals surface area contributed by atoms with E-state index in [1.54, 1.807) is 0 Å². The zero-order valence-corrected chi connectivity index (χ0v) is 19.5. The zero-order valence-electron chi connectivity index (χ0n) is 16.5. The molecule has 0 unspecified atom stereocenters. The van der Waals surface area contributed by atoms with Crippen molar-refractivity contribution in [2.45, 2.75) is 26.3 Å². The van der Waals surface area contributed by atoms with E-state index in [0.29, 0.717) is 0 Å². The number of hydrogen-bond acceptors (Lipinski definition) is 2. The third kappa shape index (κ3) is 15.0. The number of aliphatic hydroxyl groups excluding tert-OH is 2. The molecule has 152 valence electrons. The van der Waals surface area contributed by atoms with Crippen LogP contribution in [0.1, 0.15) is 20.8 Å². The van der Waals surface area contributed by atoms with Gasteiger partial charge in [-0.25, -0.2) is 0 Å². The second-order valence-corrected chi connectivity index (χ2v) is 12.0. The maximum atomic E-state index is 7.62. The summed E-state index contributed by atoms with van der Waals surface area (Å²) < 4.78 is 0. The molecule has 3 aromatic rings. The van der Waals surface area contributed by atoms with E-state index < -0.39 is 15.3 Å². The van der Waals surface area contributed by atoms with Gasteiger partial charge in [-0.05, 0) is 0 Å². The Morgan fingerprint density at radius 3 is 1.44 bits per heavy atom. The summed E-state index contributed by atoms with van der Waals surface area (Å²) in [5.41, 5.74) is 6.69. The van der Waals surface area contributed by atoms with Crippen LogP contribution in [0.4, 0.5) is 0 Å². The van der Waals surface area contributed by atoms with Gasteiger partial charge in [0.2, 0.25) is 0 Å². The van der Waals surface area contributed by atoms with Gasteiger partial charge in [-0.15, -0.1) is 45.3 Å². The Labute approximate surface area is 177 Å². The molecular weight excluding hydrogens is 417 g/mol. The van der Waals surface area contributed by atoms with Crippen molar-refractivity contribution in [1.82, 2.24) is 0 Å². The van der Waals surface area contributed by atoms with Crippen molar-refractivity contribution in [3.63, 3.8) is 0 Å². The molecule has 6 heteroatoms. The van der Waals surface area contributed by atoms with Crippen LogP contribution in [-0.4, -0.2) is 33.8 Å². The predicted molar refractivity (Wildman–Crippen MR) is 121 cm³/mol. The predicted octanol–water partition coefficient (Wildman–Crippen LogP) is 6.31. The van der Waals surface area contributed by atoms with E-state index >= 15 is 0 Å². The smallest absolute Gasteiger partial charge is 0.0771 e. The Morgan fingerprint density at radius 2 is 1.19 bits per heavy atom. The topological polar surface area (TPSA) is 64.3 Å². The third-order valence-electron chi connectivity index (χ3n) is 2.62. The van der Waals surface area contributed by atoms with Crippen molar-refractivity contribution < 1.29 is 25.5 Å². The molecule has 3 N–H and O–H groups in total. The van der Waals surface area contributed by atoms with E-state index in [9.17, 15) is 0 Å². The van der Waals surface area contributed by atoms with Crippen molar-refractivity contribution in [2.75, 3.05) is 13.2 Å². The first-order valence-electron chi connectivity index (χ1n) is 8.10. The standard InChI is InChI=1S/C13H9.C4H10N.C2H6O2.CH3.CH2.2ClH.Ti/c1-3-7-12-10(5-1)9-11-6-2-4-8-13(11)12;1-4(2,3)5;3-1-2-4;;;;;/h1-9H;5H,1-3H3;3-4H,1-2H2;1H3;1H2;2*1H;/q2*-1;;-1;;;;+2/p-2. The molecule has 0 aliphatic rings. The van der Waals surface area contributed by atoms with Gasteiger partial charge in [0.15, 0.2) is 0 Å². The minimum Gasteiger partial charge on any atom is -0.358 e. The van der Waals surface area contributed by atoms with Crippen LogP contribution in [0, 0.1) is 7.43 Å². The number of hydrogen-bond donors (Lipinski definition) is 2. The van der Waals surface area contributed by atoms with Crippen LogP contribution in [0.25, 0.3) is 27.3 Å². The van der Waals surface area contributed by atoms with E-state index in [-0.39, 0.29) is 26.2 Å². The van der Waals surface area contributed by atoms with Gasteiger partial charge in [0.1, 0.15) is 0 Å². The molecule has 0 saturated carbocycles. The van der Waals surface area contributed by atoms with E-state index in [2.05, 4.69) is 59.4 Å². The van der Waals surface area contributed by atoms with E-state index in [0.717, 1.165) is 0 Å². The molecule has 0 bridgehead atoms. The summed E-state index contributed by atoms with van der Waals surface area (Å²) in [7, 11) is 10.2. The Bertz CT molecular complexity index is 720. The van der Waals surface area contributed by atoms with Gasteiger partial charge in [0, 0.05) is 0 Å². The maximum Gasteiger partial charge on any atom is -0.0771 e. The molecule has 27 heavy (non-hydrogen) atoms. The number of aliphatic hydroxyl groups is 2. The van der Waals surface area contributed by atoms with Gasteiger partial charge in [-0.3, -0.25) is 0 Å². The van der Waals surface area contributed by atoms with Crippen molar-refractivity contribution in [3.05, 3.63) is 67.8 Å². The molecule has 0 amide bonds. The number of halogens is 2. The second-order valence-electron chi connectivity index (χ2n) is 6.35. The molecule has 0 spiro atoms. The number of benzene rings is 2. The van der Waals surface area contributed by atoms with Crippen LogP contribution in [0.3, 0.4) is 0 Å². The first kappa shape index (κ1) is 28.6. The number of fused-ring (bicyclic) bond motifs is 3. The van der Waals surface area contributed by atoms with Gasteiger partial charge in [-0.1, -0.05) is 57.2 Å². The van der Waals surface area contributed by atoms with Crippen LogP contribution in [-0.2, 0) is 15.3 Å². The molecule has 0 saturated heterocycles.